The predicted octanol–water partition coefficient (Wildman–Crippen LogP) is 4.67. The molecule has 142 valence electrons. The molecule has 0 spiro atoms. The standard InChI is InChI=1S/C20H14N4.C2H6N.Co/c1-2-14-10-16-5-6-18(23-16)12-20-8-7-19(24-20)11-17-4-3-15(22-17)9-13(1)21-14;1-3-2;/h1-12,21,24H;1-2H3;/q;-1;+1. The summed E-state index contributed by atoms with van der Waals surface area (Å²) in [4.78, 5) is 16.0. The van der Waals surface area contributed by atoms with Crippen LogP contribution in [-0.2, 0) is 16.0 Å². The van der Waals surface area contributed by atoms with Crippen LogP contribution in [0.25, 0.3) is 46.4 Å². The second kappa shape index (κ2) is 7.98. The average molecular weight is 413 g/mol. The molecule has 2 N–H and O–H groups in total. The number of H-pyrrole nitrogens is 2. The minimum atomic E-state index is 0.939. The van der Waals surface area contributed by atoms with E-state index in [1.54, 1.807) is 3.95 Å². The Bertz CT molecular complexity index is 1040. The van der Waals surface area contributed by atoms with Gasteiger partial charge in [0.1, 0.15) is 0 Å². The van der Waals surface area contributed by atoms with Gasteiger partial charge in [0.25, 0.3) is 0 Å². The van der Waals surface area contributed by atoms with Crippen molar-refractivity contribution in [1.29, 1.82) is 0 Å². The predicted molar refractivity (Wildman–Crippen MR) is 113 cm³/mol. The van der Waals surface area contributed by atoms with Gasteiger partial charge in [-0.25, -0.2) is 9.97 Å². The maximum atomic E-state index is 4.63. The van der Waals surface area contributed by atoms with Crippen LogP contribution >= 0.6 is 0 Å². The van der Waals surface area contributed by atoms with Gasteiger partial charge >= 0.3 is 34.0 Å². The van der Waals surface area contributed by atoms with Gasteiger partial charge in [0, 0.05) is 22.1 Å². The van der Waals surface area contributed by atoms with Crippen LogP contribution in [0.15, 0.2) is 48.5 Å². The third-order valence-corrected chi connectivity index (χ3v) is 4.04. The molecule has 0 saturated carbocycles. The number of aromatic amines is 2. The molecule has 3 aromatic rings. The van der Waals surface area contributed by atoms with E-state index >= 15 is 0 Å². The third kappa shape index (κ3) is 4.67. The van der Waals surface area contributed by atoms with Crippen molar-refractivity contribution in [2.75, 3.05) is 14.1 Å². The molecule has 2 aliphatic heterocycles. The van der Waals surface area contributed by atoms with Crippen molar-refractivity contribution >= 4 is 46.4 Å². The summed E-state index contributed by atoms with van der Waals surface area (Å²) in [5, 5.41) is 0. The van der Waals surface area contributed by atoms with E-state index in [0.717, 1.165) is 44.8 Å². The molecule has 0 saturated heterocycles. The first kappa shape index (κ1) is 18.4. The summed E-state index contributed by atoms with van der Waals surface area (Å²) < 4.78 is 1.69. The van der Waals surface area contributed by atoms with Crippen LogP contribution in [-0.4, -0.2) is 38.0 Å². The molecule has 3 aromatic heterocycles. The fraction of sp³-hybridized carbons (Fsp3) is 0.0909. The molecule has 0 radical (unpaired) electrons. The van der Waals surface area contributed by atoms with E-state index in [2.05, 4.69) is 60.2 Å². The summed E-state index contributed by atoms with van der Waals surface area (Å²) >= 11 is 3.84. The van der Waals surface area contributed by atoms with E-state index in [0.29, 0.717) is 0 Å². The maximum absolute atomic E-state index is 4.63. The van der Waals surface area contributed by atoms with E-state index in [4.69, 9.17) is 0 Å². The molecule has 0 fully saturated rings. The van der Waals surface area contributed by atoms with Crippen LogP contribution in [0, 0.1) is 0 Å². The Morgan fingerprint density at radius 1 is 0.607 bits per heavy atom. The number of fused-ring (bicyclic) bond motifs is 8. The van der Waals surface area contributed by atoms with Gasteiger partial charge in [-0.3, -0.25) is 0 Å². The van der Waals surface area contributed by atoms with Gasteiger partial charge in [-0.2, -0.15) is 0 Å². The summed E-state index contributed by atoms with van der Waals surface area (Å²) in [6, 6.07) is 16.4. The Hall–Kier alpha value is -2.93. The molecule has 0 aliphatic carbocycles. The summed E-state index contributed by atoms with van der Waals surface area (Å²) in [7, 11) is 3.72. The summed E-state index contributed by atoms with van der Waals surface area (Å²) in [6.07, 6.45) is 8.09. The molecule has 5 nitrogen and oxygen atoms in total. The minimum absolute atomic E-state index is 0.939. The van der Waals surface area contributed by atoms with Crippen LogP contribution in [0.5, 0.6) is 0 Å². The van der Waals surface area contributed by atoms with Crippen molar-refractivity contribution in [2.24, 2.45) is 0 Å². The van der Waals surface area contributed by atoms with Crippen LogP contribution < -0.4 is 0 Å². The summed E-state index contributed by atoms with van der Waals surface area (Å²) in [5.74, 6) is 0. The SMILES string of the molecule is C1=Cc2cc3ccc(cc4nc(cc5ccc(cc1n2)[nH]5)C=C4)[nH]3.C[N](C)[Co]. The molecular formula is C22H20CoN5. The quantitative estimate of drug-likeness (QED) is 0.388. The van der Waals surface area contributed by atoms with E-state index in [1.807, 2.05) is 62.7 Å². The van der Waals surface area contributed by atoms with E-state index in [-0.39, 0.29) is 0 Å². The number of hydrogen-bond donors (Lipinski definition) is 2. The van der Waals surface area contributed by atoms with Crippen molar-refractivity contribution < 1.29 is 16.0 Å². The molecule has 8 bridgehead atoms. The molecule has 5 heterocycles. The van der Waals surface area contributed by atoms with Gasteiger partial charge in [0.2, 0.25) is 0 Å². The third-order valence-electron chi connectivity index (χ3n) is 4.04. The van der Waals surface area contributed by atoms with Gasteiger partial charge in [0.15, 0.2) is 0 Å². The van der Waals surface area contributed by atoms with Crippen LogP contribution in [0.1, 0.15) is 22.8 Å². The summed E-state index contributed by atoms with van der Waals surface area (Å²) in [6.45, 7) is 0. The molecular weight excluding hydrogens is 393 g/mol. The van der Waals surface area contributed by atoms with Crippen molar-refractivity contribution in [3.63, 3.8) is 0 Å². The van der Waals surface area contributed by atoms with Gasteiger partial charge < -0.3 is 9.97 Å². The molecule has 0 unspecified atom stereocenters. The first-order valence-electron chi connectivity index (χ1n) is 8.89. The molecule has 0 amide bonds. The molecule has 5 rings (SSSR count). The first-order valence-corrected chi connectivity index (χ1v) is 9.36. The van der Waals surface area contributed by atoms with Crippen molar-refractivity contribution in [1.82, 2.24) is 23.9 Å². The molecule has 28 heavy (non-hydrogen) atoms. The molecule has 2 aliphatic rings. The molecule has 0 aromatic carbocycles. The van der Waals surface area contributed by atoms with Crippen molar-refractivity contribution in [3.05, 3.63) is 71.3 Å². The Morgan fingerprint density at radius 3 is 1.11 bits per heavy atom. The van der Waals surface area contributed by atoms with E-state index in [9.17, 15) is 0 Å². The monoisotopic (exact) mass is 413 g/mol. The fourth-order valence-electron chi connectivity index (χ4n) is 2.94. The number of nitrogens with zero attached hydrogens (tertiary/aromatic N) is 3. The van der Waals surface area contributed by atoms with Crippen LogP contribution in [0.2, 0.25) is 0 Å². The van der Waals surface area contributed by atoms with Crippen LogP contribution in [0.4, 0.5) is 0 Å². The fourth-order valence-corrected chi connectivity index (χ4v) is 2.94. The number of hydrogen-bond acceptors (Lipinski definition) is 3. The average Bonchev–Trinajstić information content (AvgIpc) is 3.39. The Labute approximate surface area is 171 Å². The van der Waals surface area contributed by atoms with Crippen molar-refractivity contribution in [3.8, 4) is 0 Å². The van der Waals surface area contributed by atoms with Gasteiger partial charge in [-0.15, -0.1) is 0 Å². The van der Waals surface area contributed by atoms with Crippen LogP contribution in [0.3, 0.4) is 0 Å². The Kier molecular flexibility index (Phi) is 5.25. The Balaban J connectivity index is 0.000000442. The number of nitrogens with one attached hydrogen (secondary N) is 2. The Morgan fingerprint density at radius 2 is 0.857 bits per heavy atom. The van der Waals surface area contributed by atoms with Gasteiger partial charge in [-0.1, -0.05) is 0 Å². The second-order valence-corrected chi connectivity index (χ2v) is 7.58. The summed E-state index contributed by atoms with van der Waals surface area (Å²) in [5.41, 5.74) is 7.86. The van der Waals surface area contributed by atoms with E-state index in [1.165, 1.54) is 0 Å². The van der Waals surface area contributed by atoms with Gasteiger partial charge in [0.05, 0.1) is 22.8 Å². The number of rotatable bonds is 0. The van der Waals surface area contributed by atoms with Crippen molar-refractivity contribution in [2.45, 2.75) is 0 Å². The molecule has 6 heteroatoms. The zero-order valence-corrected chi connectivity index (χ0v) is 16.6. The number of aromatic nitrogens is 4. The van der Waals surface area contributed by atoms with Gasteiger partial charge in [-0.05, 0) is 72.8 Å². The second-order valence-electron chi connectivity index (χ2n) is 6.65. The topological polar surface area (TPSA) is 60.6 Å². The van der Waals surface area contributed by atoms with E-state index < -0.39 is 0 Å². The zero-order chi connectivity index (χ0) is 19.5. The molecule has 0 atom stereocenters. The first-order chi connectivity index (χ1) is 13.5. The zero-order valence-electron chi connectivity index (χ0n) is 15.6. The normalized spacial score (nSPS) is 12.2.